The lowest BCUT2D eigenvalue weighted by molar-refractivity contribution is 0.382. The summed E-state index contributed by atoms with van der Waals surface area (Å²) in [5.41, 5.74) is -6.32. The molecule has 0 nitrogen and oxygen atoms in total. The van der Waals surface area contributed by atoms with E-state index in [-0.39, 0.29) is 6.08 Å². The molecule has 0 saturated heterocycles. The van der Waals surface area contributed by atoms with Crippen LogP contribution in [0, 0.1) is 116 Å². The number of rotatable bonds is 7. The van der Waals surface area contributed by atoms with E-state index in [1.807, 2.05) is 0 Å². The number of benzene rings is 5. The van der Waals surface area contributed by atoms with E-state index < -0.39 is 163 Å². The minimum absolute atomic E-state index is 0.0530. The maximum atomic E-state index is 15.7. The first kappa shape index (κ1) is 40.1. The van der Waals surface area contributed by atoms with Crippen LogP contribution >= 0.6 is 7.92 Å². The summed E-state index contributed by atoms with van der Waals surface area (Å²) in [5.74, 6) is -63.1. The molecule has 0 bridgehead atoms. The van der Waals surface area contributed by atoms with Gasteiger partial charge in [0.25, 0.3) is 6.71 Å². The number of hydrogen-bond donors (Lipinski definition) is 0. The smallest absolute Gasteiger partial charge is 0.204 e. The second-order valence-corrected chi connectivity index (χ2v) is 12.6. The van der Waals surface area contributed by atoms with Crippen molar-refractivity contribution in [2.45, 2.75) is 0 Å². The van der Waals surface area contributed by atoms with Crippen molar-refractivity contribution in [1.29, 1.82) is 0 Å². The van der Waals surface area contributed by atoms with Crippen molar-refractivity contribution in [2.24, 2.45) is 0 Å². The van der Waals surface area contributed by atoms with Crippen molar-refractivity contribution in [3.8, 4) is 0 Å². The summed E-state index contributed by atoms with van der Waals surface area (Å²) in [6.07, 6.45) is -0.0530. The quantitative estimate of drug-likeness (QED) is 0.0508. The van der Waals surface area contributed by atoms with Gasteiger partial charge in [-0.05, 0) is 13.5 Å². The lowest BCUT2D eigenvalue weighted by Crippen LogP contribution is -2.53. The summed E-state index contributed by atoms with van der Waals surface area (Å²) in [6.45, 7) is -4.09. The van der Waals surface area contributed by atoms with Gasteiger partial charge < -0.3 is 0 Å². The van der Waals surface area contributed by atoms with Crippen LogP contribution in [0.1, 0.15) is 5.56 Å². The topological polar surface area (TPSA) is 0 Å². The Labute approximate surface area is 287 Å². The molecule has 0 aromatic heterocycles. The van der Waals surface area contributed by atoms with E-state index in [4.69, 9.17) is 0 Å². The molecule has 282 valence electrons. The molecule has 0 heterocycles. The van der Waals surface area contributed by atoms with Gasteiger partial charge in [-0.25, -0.2) is 87.8 Å². The molecule has 0 N–H and O–H groups in total. The lowest BCUT2D eigenvalue weighted by atomic mass is 9.39. The highest BCUT2D eigenvalue weighted by Crippen LogP contribution is 2.50. The molecular formula is C32H6BF20P. The molecule has 0 aliphatic rings. The van der Waals surface area contributed by atoms with Crippen LogP contribution in [0.4, 0.5) is 87.8 Å². The van der Waals surface area contributed by atoms with Crippen LogP contribution in [0.15, 0.2) is 35.5 Å². The average Bonchev–Trinajstić information content (AvgIpc) is 3.16. The molecule has 0 unspecified atom stereocenters. The van der Waals surface area contributed by atoms with Crippen LogP contribution in [0.3, 0.4) is 0 Å². The fraction of sp³-hybridized carbons (Fsp3) is 0. The molecule has 0 spiro atoms. The Morgan fingerprint density at radius 3 is 0.852 bits per heavy atom. The Balaban J connectivity index is 2.20. The van der Waals surface area contributed by atoms with Crippen LogP contribution in [-0.4, -0.2) is 6.71 Å². The first-order valence-corrected chi connectivity index (χ1v) is 15.1. The lowest BCUT2D eigenvalue weighted by Gasteiger charge is -2.30. The molecule has 0 aliphatic carbocycles. The summed E-state index contributed by atoms with van der Waals surface area (Å²) >= 11 is 0. The molecule has 0 atom stereocenters. The zero-order valence-corrected chi connectivity index (χ0v) is 25.9. The van der Waals surface area contributed by atoms with Gasteiger partial charge in [0.1, 0.15) is 0 Å². The summed E-state index contributed by atoms with van der Waals surface area (Å²) in [7, 11) is -5.18. The van der Waals surface area contributed by atoms with Gasteiger partial charge in [0.2, 0.25) is 11.6 Å². The monoisotopic (exact) mass is 812 g/mol. The Bertz CT molecular complexity index is 2020. The predicted octanol–water partition coefficient (Wildman–Crippen LogP) is 8.79. The van der Waals surface area contributed by atoms with Gasteiger partial charge in [-0.1, -0.05) is 41.6 Å². The maximum Gasteiger partial charge on any atom is 0.258 e. The SMILES string of the molecule is Fc1c(F)c(F)c(B(/C(=C/c2ccccc2)P(c2c(F)c(F)c(F)c(F)c2F)c2c(F)c(F)c(F)c(F)c2F)c2c(F)c(F)c(F)c(F)c2F)c(F)c1F. The summed E-state index contributed by atoms with van der Waals surface area (Å²) in [4.78, 5) is 0. The molecule has 0 saturated carbocycles. The highest BCUT2D eigenvalue weighted by atomic mass is 31.1. The molecule has 0 fully saturated rings. The number of halogens is 20. The molecule has 5 aromatic rings. The summed E-state index contributed by atoms with van der Waals surface area (Å²) < 4.78 is 300. The van der Waals surface area contributed by atoms with Gasteiger partial charge in [-0.2, -0.15) is 0 Å². The van der Waals surface area contributed by atoms with E-state index in [1.54, 1.807) is 0 Å². The third kappa shape index (κ3) is 6.15. The van der Waals surface area contributed by atoms with Crippen molar-refractivity contribution < 1.29 is 87.8 Å². The fourth-order valence-corrected chi connectivity index (χ4v) is 7.85. The van der Waals surface area contributed by atoms with Crippen LogP contribution < -0.4 is 21.5 Å². The zero-order chi connectivity index (χ0) is 40.4. The van der Waals surface area contributed by atoms with Crippen LogP contribution in [-0.2, 0) is 0 Å². The second-order valence-electron chi connectivity index (χ2n) is 10.6. The summed E-state index contributed by atoms with van der Waals surface area (Å²) in [5, 5.41) is -7.68. The van der Waals surface area contributed by atoms with E-state index in [1.165, 1.54) is 0 Å². The van der Waals surface area contributed by atoms with Crippen molar-refractivity contribution in [1.82, 2.24) is 0 Å². The predicted molar refractivity (Wildman–Crippen MR) is 151 cm³/mol. The molecule has 0 amide bonds. The van der Waals surface area contributed by atoms with Gasteiger partial charge in [0.15, 0.2) is 105 Å². The standard InChI is InChI=1S/C32H6BF20P/c34-11-9(12(35)16(39)19(42)15(11)38)33(10-13(36)17(40)20(43)18(41)14(10)37)8(6-7-4-2-1-3-5-7)54(31-27(50)23(46)21(44)24(47)28(31)51)32-29(52)25(48)22(45)26(49)30(32)53/h1-6H/b8-6-. The van der Waals surface area contributed by atoms with Crippen LogP contribution in [0.25, 0.3) is 6.08 Å². The molecule has 0 aliphatic heterocycles. The molecular weight excluding hydrogens is 806 g/mol. The first-order chi connectivity index (χ1) is 25.2. The molecule has 22 heteroatoms. The molecule has 5 rings (SSSR count). The van der Waals surface area contributed by atoms with Crippen LogP contribution in [0.2, 0.25) is 0 Å². The highest BCUT2D eigenvalue weighted by Gasteiger charge is 2.48. The number of hydrogen-bond acceptors (Lipinski definition) is 0. The fourth-order valence-electron chi connectivity index (χ4n) is 5.14. The second kappa shape index (κ2) is 14.6. The minimum Gasteiger partial charge on any atom is -0.204 e. The van der Waals surface area contributed by atoms with Gasteiger partial charge in [-0.15, -0.1) is 0 Å². The third-order valence-corrected chi connectivity index (χ3v) is 10.1. The molecule has 5 aromatic carbocycles. The Morgan fingerprint density at radius 2 is 0.574 bits per heavy atom. The van der Waals surface area contributed by atoms with Crippen molar-refractivity contribution in [3.63, 3.8) is 0 Å². The van der Waals surface area contributed by atoms with E-state index in [2.05, 4.69) is 0 Å². The minimum atomic E-state index is -5.18. The zero-order valence-electron chi connectivity index (χ0n) is 25.0. The third-order valence-electron chi connectivity index (χ3n) is 7.55. The Morgan fingerprint density at radius 1 is 0.333 bits per heavy atom. The van der Waals surface area contributed by atoms with Crippen molar-refractivity contribution in [3.05, 3.63) is 157 Å². The van der Waals surface area contributed by atoms with Crippen molar-refractivity contribution in [2.75, 3.05) is 0 Å². The molecule has 0 radical (unpaired) electrons. The van der Waals surface area contributed by atoms with E-state index in [0.717, 1.165) is 30.3 Å². The summed E-state index contributed by atoms with van der Waals surface area (Å²) in [6, 6.07) is 4.46. The average molecular weight is 812 g/mol. The van der Waals surface area contributed by atoms with E-state index in [9.17, 15) is 52.7 Å². The van der Waals surface area contributed by atoms with Gasteiger partial charge in [-0.3, -0.25) is 0 Å². The largest absolute Gasteiger partial charge is 0.258 e. The molecule has 54 heavy (non-hydrogen) atoms. The van der Waals surface area contributed by atoms with Gasteiger partial charge in [0, 0.05) is 10.9 Å². The highest BCUT2D eigenvalue weighted by molar-refractivity contribution is 7.80. The van der Waals surface area contributed by atoms with E-state index in [0.29, 0.717) is 0 Å². The van der Waals surface area contributed by atoms with E-state index >= 15 is 35.1 Å². The maximum absolute atomic E-state index is 15.7. The Hall–Kier alpha value is -5.07. The van der Waals surface area contributed by atoms with Crippen molar-refractivity contribution >= 4 is 42.2 Å². The van der Waals surface area contributed by atoms with Crippen LogP contribution in [0.5, 0.6) is 0 Å². The normalized spacial score (nSPS) is 12.0. The Kier molecular flexibility index (Phi) is 10.9. The van der Waals surface area contributed by atoms with Gasteiger partial charge in [0.05, 0.1) is 10.6 Å². The first-order valence-electron chi connectivity index (χ1n) is 13.8. The van der Waals surface area contributed by atoms with Gasteiger partial charge >= 0.3 is 0 Å².